The van der Waals surface area contributed by atoms with E-state index in [0.717, 1.165) is 45.1 Å². The molecule has 1 N–H and O–H groups in total. The summed E-state index contributed by atoms with van der Waals surface area (Å²) in [6.07, 6.45) is 1.85. The Kier molecular flexibility index (Phi) is 5.95. The van der Waals surface area contributed by atoms with E-state index in [4.69, 9.17) is 9.26 Å². The number of carbonyl (C=O) groups is 1. The van der Waals surface area contributed by atoms with E-state index in [0.29, 0.717) is 16.7 Å². The van der Waals surface area contributed by atoms with Gasteiger partial charge in [-0.2, -0.15) is 0 Å². The third kappa shape index (κ3) is 4.72. The normalized spacial score (nSPS) is 16.2. The molecule has 0 aliphatic carbocycles. The van der Waals surface area contributed by atoms with Gasteiger partial charge in [-0.1, -0.05) is 35.5 Å². The molecule has 0 spiro atoms. The molecule has 0 unspecified atom stereocenters. The van der Waals surface area contributed by atoms with Gasteiger partial charge in [0.1, 0.15) is 18.1 Å². The summed E-state index contributed by atoms with van der Waals surface area (Å²) < 4.78 is 11.0. The van der Waals surface area contributed by atoms with Gasteiger partial charge in [0.05, 0.1) is 21.8 Å². The second-order valence-electron chi connectivity index (χ2n) is 7.38. The lowest BCUT2D eigenvalue weighted by Gasteiger charge is -2.06. The average molecular weight is 434 g/mol. The third-order valence-electron chi connectivity index (χ3n) is 5.05. The highest BCUT2D eigenvalue weighted by Gasteiger charge is 2.24. The first kappa shape index (κ1) is 20.9. The molecule has 7 heteroatoms. The van der Waals surface area contributed by atoms with Gasteiger partial charge in [-0.3, -0.25) is 4.79 Å². The summed E-state index contributed by atoms with van der Waals surface area (Å²) in [4.78, 5) is 17.6. The standard InChI is InChI=1S/C24H23N3O3S/c1-14-6-5-7-15(2)22(14)25-24-26-23(28)21(31-24)12-18-8-10-19(11-9-18)29-13-20-16(3)27-30-17(20)4/h5-12H,13H2,1-4H3,(H,25,26,28)/b21-12-. The first-order valence-electron chi connectivity index (χ1n) is 9.91. The number of para-hydroxylation sites is 1. The van der Waals surface area contributed by atoms with Crippen molar-refractivity contribution < 1.29 is 14.1 Å². The first-order chi connectivity index (χ1) is 14.9. The number of carbonyl (C=O) groups excluding carboxylic acids is 1. The Balaban J connectivity index is 1.45. The summed E-state index contributed by atoms with van der Waals surface area (Å²) in [5, 5.41) is 7.38. The van der Waals surface area contributed by atoms with Crippen molar-refractivity contribution in [2.75, 3.05) is 0 Å². The number of rotatable bonds is 5. The van der Waals surface area contributed by atoms with E-state index in [1.165, 1.54) is 11.8 Å². The molecule has 1 aliphatic heterocycles. The van der Waals surface area contributed by atoms with Gasteiger partial charge < -0.3 is 14.6 Å². The Labute approximate surface area is 185 Å². The van der Waals surface area contributed by atoms with Crippen LogP contribution in [0.4, 0.5) is 5.69 Å². The number of aryl methyl sites for hydroxylation is 4. The number of ether oxygens (including phenoxy) is 1. The molecule has 4 rings (SSSR count). The van der Waals surface area contributed by atoms with E-state index in [9.17, 15) is 4.79 Å². The van der Waals surface area contributed by atoms with Crippen LogP contribution in [0.3, 0.4) is 0 Å². The number of amidine groups is 1. The van der Waals surface area contributed by atoms with Crippen molar-refractivity contribution in [2.24, 2.45) is 4.99 Å². The fourth-order valence-electron chi connectivity index (χ4n) is 3.24. The maximum absolute atomic E-state index is 12.4. The van der Waals surface area contributed by atoms with Crippen LogP contribution in [0.25, 0.3) is 6.08 Å². The summed E-state index contributed by atoms with van der Waals surface area (Å²) in [5.41, 5.74) is 5.75. The van der Waals surface area contributed by atoms with Crippen molar-refractivity contribution in [2.45, 2.75) is 34.3 Å². The fourth-order valence-corrected chi connectivity index (χ4v) is 4.07. The van der Waals surface area contributed by atoms with Gasteiger partial charge in [0.2, 0.25) is 0 Å². The second kappa shape index (κ2) is 8.81. The number of aromatic nitrogens is 1. The predicted molar refractivity (Wildman–Crippen MR) is 123 cm³/mol. The molecular weight excluding hydrogens is 410 g/mol. The van der Waals surface area contributed by atoms with Crippen LogP contribution in [-0.2, 0) is 11.4 Å². The summed E-state index contributed by atoms with van der Waals surface area (Å²) in [6.45, 7) is 8.20. The molecule has 0 radical (unpaired) electrons. The lowest BCUT2D eigenvalue weighted by molar-refractivity contribution is -0.115. The number of aliphatic imine (C=N–C) groups is 1. The van der Waals surface area contributed by atoms with Crippen LogP contribution in [0.2, 0.25) is 0 Å². The minimum absolute atomic E-state index is 0.145. The van der Waals surface area contributed by atoms with Gasteiger partial charge in [0, 0.05) is 0 Å². The highest BCUT2D eigenvalue weighted by atomic mass is 32.2. The highest BCUT2D eigenvalue weighted by Crippen LogP contribution is 2.31. The van der Waals surface area contributed by atoms with Crippen LogP contribution in [0, 0.1) is 27.7 Å². The van der Waals surface area contributed by atoms with Gasteiger partial charge in [-0.25, -0.2) is 4.99 Å². The number of nitrogens with one attached hydrogen (secondary N) is 1. The summed E-state index contributed by atoms with van der Waals surface area (Å²) in [6, 6.07) is 13.6. The average Bonchev–Trinajstić information content (AvgIpc) is 3.25. The summed E-state index contributed by atoms with van der Waals surface area (Å²) in [7, 11) is 0. The van der Waals surface area contributed by atoms with E-state index < -0.39 is 0 Å². The Bertz CT molecular complexity index is 1150. The zero-order valence-corrected chi connectivity index (χ0v) is 18.7. The molecule has 1 saturated heterocycles. The van der Waals surface area contributed by atoms with E-state index in [-0.39, 0.29) is 5.91 Å². The molecule has 3 aromatic rings. The molecule has 0 atom stereocenters. The monoisotopic (exact) mass is 433 g/mol. The van der Waals surface area contributed by atoms with E-state index in [1.54, 1.807) is 0 Å². The quantitative estimate of drug-likeness (QED) is 0.547. The Hall–Kier alpha value is -3.32. The molecule has 2 aromatic carbocycles. The van der Waals surface area contributed by atoms with Crippen molar-refractivity contribution in [3.63, 3.8) is 0 Å². The number of nitrogens with zero attached hydrogens (tertiary/aromatic N) is 2. The third-order valence-corrected chi connectivity index (χ3v) is 5.96. The van der Waals surface area contributed by atoms with Crippen LogP contribution >= 0.6 is 11.8 Å². The molecule has 1 amide bonds. The Morgan fingerprint density at radius 1 is 1.10 bits per heavy atom. The zero-order chi connectivity index (χ0) is 22.0. The number of amides is 1. The van der Waals surface area contributed by atoms with Crippen molar-refractivity contribution in [1.29, 1.82) is 0 Å². The second-order valence-corrected chi connectivity index (χ2v) is 8.41. The van der Waals surface area contributed by atoms with Gasteiger partial charge >= 0.3 is 0 Å². The molecular formula is C24H23N3O3S. The minimum atomic E-state index is -0.145. The van der Waals surface area contributed by atoms with Crippen LogP contribution < -0.4 is 10.1 Å². The number of thioether (sulfide) groups is 1. The maximum Gasteiger partial charge on any atom is 0.264 e. The topological polar surface area (TPSA) is 76.7 Å². The zero-order valence-electron chi connectivity index (χ0n) is 17.9. The van der Waals surface area contributed by atoms with Crippen LogP contribution in [-0.4, -0.2) is 16.2 Å². The molecule has 0 saturated carbocycles. The van der Waals surface area contributed by atoms with Crippen LogP contribution in [0.15, 0.2) is 56.9 Å². The molecule has 1 aliphatic rings. The molecule has 158 valence electrons. The van der Waals surface area contributed by atoms with Crippen LogP contribution in [0.5, 0.6) is 5.75 Å². The van der Waals surface area contributed by atoms with Gasteiger partial charge in [0.25, 0.3) is 5.91 Å². The molecule has 0 bridgehead atoms. The van der Waals surface area contributed by atoms with E-state index >= 15 is 0 Å². The first-order valence-corrected chi connectivity index (χ1v) is 10.7. The molecule has 1 aromatic heterocycles. The van der Waals surface area contributed by atoms with Gasteiger partial charge in [-0.05, 0) is 74.4 Å². The molecule has 31 heavy (non-hydrogen) atoms. The number of hydrogen-bond acceptors (Lipinski definition) is 6. The number of hydrogen-bond donors (Lipinski definition) is 1. The molecule has 1 fully saturated rings. The van der Waals surface area contributed by atoms with Crippen molar-refractivity contribution >= 4 is 34.6 Å². The van der Waals surface area contributed by atoms with Gasteiger partial charge in [-0.15, -0.1) is 0 Å². The largest absolute Gasteiger partial charge is 0.489 e. The SMILES string of the molecule is Cc1cccc(C)c1N=C1NC(=O)/C(=C/c2ccc(OCc3c(C)noc3C)cc2)S1. The van der Waals surface area contributed by atoms with E-state index in [1.807, 2.05) is 76.2 Å². The molecule has 6 nitrogen and oxygen atoms in total. The fraction of sp³-hybridized carbons (Fsp3) is 0.208. The Morgan fingerprint density at radius 3 is 2.45 bits per heavy atom. The summed E-state index contributed by atoms with van der Waals surface area (Å²) >= 11 is 1.34. The number of benzene rings is 2. The summed E-state index contributed by atoms with van der Waals surface area (Å²) in [5.74, 6) is 1.36. The van der Waals surface area contributed by atoms with Crippen molar-refractivity contribution in [3.05, 3.63) is 81.1 Å². The lowest BCUT2D eigenvalue weighted by atomic mass is 10.1. The predicted octanol–water partition coefficient (Wildman–Crippen LogP) is 5.38. The van der Waals surface area contributed by atoms with Crippen LogP contribution in [0.1, 0.15) is 33.7 Å². The van der Waals surface area contributed by atoms with E-state index in [2.05, 4.69) is 15.5 Å². The molecule has 2 heterocycles. The maximum atomic E-state index is 12.4. The minimum Gasteiger partial charge on any atom is -0.489 e. The highest BCUT2D eigenvalue weighted by molar-refractivity contribution is 8.18. The van der Waals surface area contributed by atoms with Crippen molar-refractivity contribution in [1.82, 2.24) is 10.5 Å². The smallest absolute Gasteiger partial charge is 0.264 e. The Morgan fingerprint density at radius 2 is 1.81 bits per heavy atom. The lowest BCUT2D eigenvalue weighted by Crippen LogP contribution is -2.19. The van der Waals surface area contributed by atoms with Gasteiger partial charge in [0.15, 0.2) is 5.17 Å². The van der Waals surface area contributed by atoms with Crippen molar-refractivity contribution in [3.8, 4) is 5.75 Å².